The van der Waals surface area contributed by atoms with Crippen LogP contribution in [0.3, 0.4) is 0 Å². The molecule has 1 amide bonds. The van der Waals surface area contributed by atoms with Crippen LogP contribution in [0.25, 0.3) is 10.9 Å². The van der Waals surface area contributed by atoms with Gasteiger partial charge in [-0.3, -0.25) is 4.79 Å². The number of rotatable bonds is 9. The maximum Gasteiger partial charge on any atom is 0.263 e. The van der Waals surface area contributed by atoms with Crippen LogP contribution in [-0.2, 0) is 6.42 Å². The van der Waals surface area contributed by atoms with E-state index in [2.05, 4.69) is 66.6 Å². The lowest BCUT2D eigenvalue weighted by molar-refractivity contribution is 0.0938. The van der Waals surface area contributed by atoms with E-state index in [0.29, 0.717) is 4.88 Å². The highest BCUT2D eigenvalue weighted by molar-refractivity contribution is 7.17. The summed E-state index contributed by atoms with van der Waals surface area (Å²) in [6, 6.07) is 10.4. The third-order valence-corrected chi connectivity index (χ3v) is 7.64. The van der Waals surface area contributed by atoms with Crippen LogP contribution in [-0.4, -0.2) is 58.3 Å². The van der Waals surface area contributed by atoms with E-state index in [4.69, 9.17) is 0 Å². The largest absolute Gasteiger partial charge is 0.367 e. The van der Waals surface area contributed by atoms with Gasteiger partial charge in [-0.15, -0.1) is 0 Å². The molecule has 1 fully saturated rings. The van der Waals surface area contributed by atoms with Gasteiger partial charge >= 0.3 is 0 Å². The second-order valence-corrected chi connectivity index (χ2v) is 9.97. The normalized spacial score (nSPS) is 14.9. The molecule has 0 saturated carbocycles. The highest BCUT2D eigenvalue weighted by Crippen LogP contribution is 2.26. The minimum absolute atomic E-state index is 0.0313. The Hall–Kier alpha value is -3.46. The number of nitrogens with one attached hydrogen (secondary N) is 2. The van der Waals surface area contributed by atoms with Crippen LogP contribution in [0.5, 0.6) is 0 Å². The number of benzene rings is 1. The summed E-state index contributed by atoms with van der Waals surface area (Å²) in [5.41, 5.74) is 3.47. The fourth-order valence-corrected chi connectivity index (χ4v) is 5.51. The van der Waals surface area contributed by atoms with Crippen molar-refractivity contribution in [1.29, 1.82) is 0 Å². The Morgan fingerprint density at radius 3 is 2.74 bits per heavy atom. The minimum atomic E-state index is -0.0313. The van der Waals surface area contributed by atoms with E-state index in [1.54, 1.807) is 18.6 Å². The summed E-state index contributed by atoms with van der Waals surface area (Å²) in [5.74, 6) is -0.0313. The topological polar surface area (TPSA) is 90.0 Å². The first kappa shape index (κ1) is 23.3. The fourth-order valence-electron chi connectivity index (χ4n) is 4.64. The van der Waals surface area contributed by atoms with E-state index in [-0.39, 0.29) is 11.9 Å². The Balaban J connectivity index is 1.21. The highest BCUT2D eigenvalue weighted by Gasteiger charge is 2.22. The van der Waals surface area contributed by atoms with Crippen LogP contribution < -0.4 is 15.1 Å². The number of unbranched alkanes of at least 4 members (excludes halogenated alkanes) is 1. The van der Waals surface area contributed by atoms with Gasteiger partial charge < -0.3 is 20.1 Å². The maximum atomic E-state index is 13.2. The SMILES string of the molecule is CCCCC(Cc1c[nH]c2ccccc12)NC(=O)c1cnc(N2CCN(c3ccnnc3)CC2)s1. The zero-order valence-electron chi connectivity index (χ0n) is 20.0. The monoisotopic (exact) mass is 489 g/mol. The van der Waals surface area contributed by atoms with Gasteiger partial charge in [0.1, 0.15) is 4.88 Å². The number of anilines is 2. The first-order chi connectivity index (χ1) is 17.2. The van der Waals surface area contributed by atoms with Crippen LogP contribution in [0.15, 0.2) is 55.1 Å². The molecule has 1 aliphatic rings. The van der Waals surface area contributed by atoms with Crippen LogP contribution in [0.2, 0.25) is 0 Å². The lowest BCUT2D eigenvalue weighted by Gasteiger charge is -2.35. The molecule has 0 aliphatic carbocycles. The van der Waals surface area contributed by atoms with Gasteiger partial charge in [-0.2, -0.15) is 10.2 Å². The summed E-state index contributed by atoms with van der Waals surface area (Å²) in [6.45, 7) is 5.67. The van der Waals surface area contributed by atoms with E-state index in [1.165, 1.54) is 22.3 Å². The van der Waals surface area contributed by atoms with Gasteiger partial charge in [0.25, 0.3) is 5.91 Å². The number of carbonyl (C=O) groups is 1. The van der Waals surface area contributed by atoms with Crippen molar-refractivity contribution in [2.45, 2.75) is 38.6 Å². The second kappa shape index (κ2) is 10.9. The molecule has 35 heavy (non-hydrogen) atoms. The molecule has 0 radical (unpaired) electrons. The molecule has 8 nitrogen and oxygen atoms in total. The number of thiazole rings is 1. The standard InChI is InChI=1S/C26H31N7OS/c1-2-3-6-20(15-19-16-27-23-8-5-4-7-22(19)23)31-25(34)24-18-28-26(35-24)33-13-11-32(12-14-33)21-9-10-29-30-17-21/h4-5,7-10,16-18,20,27H,2-3,6,11-15H2,1H3,(H,31,34). The number of amides is 1. The lowest BCUT2D eigenvalue weighted by Crippen LogP contribution is -2.46. The summed E-state index contributed by atoms with van der Waals surface area (Å²) in [4.78, 5) is 26.3. The molecule has 1 unspecified atom stereocenters. The van der Waals surface area contributed by atoms with Crippen molar-refractivity contribution in [2.75, 3.05) is 36.0 Å². The molecule has 1 saturated heterocycles. The zero-order valence-corrected chi connectivity index (χ0v) is 20.8. The average Bonchev–Trinajstić information content (AvgIpc) is 3.56. The van der Waals surface area contributed by atoms with Gasteiger partial charge in [-0.1, -0.05) is 49.3 Å². The van der Waals surface area contributed by atoms with Gasteiger partial charge in [0.05, 0.1) is 24.3 Å². The maximum absolute atomic E-state index is 13.2. The van der Waals surface area contributed by atoms with Gasteiger partial charge in [-0.05, 0) is 30.5 Å². The number of hydrogen-bond donors (Lipinski definition) is 2. The van der Waals surface area contributed by atoms with Crippen LogP contribution in [0, 0.1) is 0 Å². The van der Waals surface area contributed by atoms with Gasteiger partial charge in [0, 0.05) is 49.3 Å². The van der Waals surface area contributed by atoms with E-state index < -0.39 is 0 Å². The minimum Gasteiger partial charge on any atom is -0.367 e. The Labute approximate surface area is 209 Å². The summed E-state index contributed by atoms with van der Waals surface area (Å²) in [5, 5.41) is 13.3. The van der Waals surface area contributed by atoms with Gasteiger partial charge in [0.2, 0.25) is 0 Å². The number of piperazine rings is 1. The Kier molecular flexibility index (Phi) is 7.23. The quantitative estimate of drug-likeness (QED) is 0.365. The molecule has 1 atom stereocenters. The first-order valence-corrected chi connectivity index (χ1v) is 13.1. The number of aromatic nitrogens is 4. The van der Waals surface area contributed by atoms with Crippen molar-refractivity contribution in [3.05, 3.63) is 65.6 Å². The first-order valence-electron chi connectivity index (χ1n) is 12.3. The molecule has 5 rings (SSSR count). The number of hydrogen-bond acceptors (Lipinski definition) is 7. The summed E-state index contributed by atoms with van der Waals surface area (Å²) >= 11 is 1.48. The van der Waals surface area contributed by atoms with Crippen LogP contribution >= 0.6 is 11.3 Å². The summed E-state index contributed by atoms with van der Waals surface area (Å²) in [7, 11) is 0. The molecule has 0 bridgehead atoms. The number of carbonyl (C=O) groups excluding carboxylic acids is 1. The van der Waals surface area contributed by atoms with Crippen molar-refractivity contribution in [1.82, 2.24) is 25.5 Å². The Bertz CT molecular complexity index is 1250. The lowest BCUT2D eigenvalue weighted by atomic mass is 10.0. The van der Waals surface area contributed by atoms with Crippen LogP contribution in [0.4, 0.5) is 10.8 Å². The number of fused-ring (bicyclic) bond motifs is 1. The zero-order chi connectivity index (χ0) is 24.0. The van der Waals surface area contributed by atoms with Crippen molar-refractivity contribution >= 4 is 39.0 Å². The average molecular weight is 490 g/mol. The Morgan fingerprint density at radius 2 is 1.94 bits per heavy atom. The fraction of sp³-hybridized carbons (Fsp3) is 0.385. The number of para-hydroxylation sites is 1. The molecule has 1 aromatic carbocycles. The highest BCUT2D eigenvalue weighted by atomic mass is 32.1. The van der Waals surface area contributed by atoms with Crippen molar-refractivity contribution in [2.24, 2.45) is 0 Å². The molecule has 4 heterocycles. The number of H-pyrrole nitrogens is 1. The molecule has 0 spiro atoms. The van der Waals surface area contributed by atoms with Crippen LogP contribution in [0.1, 0.15) is 41.4 Å². The number of aromatic amines is 1. The third kappa shape index (κ3) is 5.45. The molecule has 3 aromatic heterocycles. The van der Waals surface area contributed by atoms with Crippen molar-refractivity contribution in [3.63, 3.8) is 0 Å². The smallest absolute Gasteiger partial charge is 0.263 e. The van der Waals surface area contributed by atoms with E-state index >= 15 is 0 Å². The Morgan fingerprint density at radius 1 is 1.11 bits per heavy atom. The van der Waals surface area contributed by atoms with E-state index in [1.807, 2.05) is 12.1 Å². The summed E-state index contributed by atoms with van der Waals surface area (Å²) < 4.78 is 0. The number of nitrogens with zero attached hydrogens (tertiary/aromatic N) is 5. The van der Waals surface area contributed by atoms with Gasteiger partial charge in [-0.25, -0.2) is 4.98 Å². The van der Waals surface area contributed by atoms with Crippen molar-refractivity contribution in [3.8, 4) is 0 Å². The molecular formula is C26H31N7OS. The predicted octanol–water partition coefficient (Wildman–Crippen LogP) is 4.27. The molecule has 2 N–H and O–H groups in total. The molecule has 4 aromatic rings. The molecule has 182 valence electrons. The predicted molar refractivity (Wildman–Crippen MR) is 141 cm³/mol. The van der Waals surface area contributed by atoms with Gasteiger partial charge in [0.15, 0.2) is 5.13 Å². The molecule has 1 aliphatic heterocycles. The molecular weight excluding hydrogens is 458 g/mol. The molecule has 9 heteroatoms. The van der Waals surface area contributed by atoms with E-state index in [9.17, 15) is 4.79 Å². The second-order valence-electron chi connectivity index (χ2n) is 8.96. The third-order valence-electron chi connectivity index (χ3n) is 6.58. The van der Waals surface area contributed by atoms with Crippen molar-refractivity contribution < 1.29 is 4.79 Å². The summed E-state index contributed by atoms with van der Waals surface area (Å²) in [6.07, 6.45) is 11.3. The van der Waals surface area contributed by atoms with E-state index in [0.717, 1.165) is 68.2 Å².